The van der Waals surface area contributed by atoms with Crippen molar-refractivity contribution >= 4 is 17.7 Å². The summed E-state index contributed by atoms with van der Waals surface area (Å²) in [5.41, 5.74) is -1.79. The number of unbranched alkanes of at least 4 members (excludes halogenated alkanes) is 1. The number of likely N-dealkylation sites (tertiary alicyclic amines) is 1. The molecule has 8 heteroatoms. The Bertz CT molecular complexity index is 683. The number of aliphatic hydroxyl groups excluding tert-OH is 1. The maximum Gasteiger partial charge on any atom is 0.245 e. The van der Waals surface area contributed by atoms with E-state index in [0.29, 0.717) is 19.4 Å². The molecule has 0 saturated carbocycles. The van der Waals surface area contributed by atoms with E-state index in [1.54, 1.807) is 7.05 Å². The molecule has 0 radical (unpaired) electrons. The summed E-state index contributed by atoms with van der Waals surface area (Å²) < 4.78 is 6.46. The van der Waals surface area contributed by atoms with E-state index in [9.17, 15) is 19.5 Å². The van der Waals surface area contributed by atoms with E-state index in [1.165, 1.54) is 4.90 Å². The third kappa shape index (κ3) is 3.15. The Morgan fingerprint density at radius 3 is 2.55 bits per heavy atom. The minimum absolute atomic E-state index is 0.0450. The molecule has 6 atom stereocenters. The number of nitrogens with zero attached hydrogens (tertiary/aromatic N) is 1. The standard InChI is InChI=1S/C21H35N3O5/c1-6-7-10-23-18(27)16-21-9-8-20(4,29-21)14(17(26)22-5)15(21)19(28)24(16)13(11-25)12(2)3/h12-16,25H,6-11H2,1-5H3,(H,22,26)(H,23,27)/t13-,14+,15-,16?,20-,21?/m0/s1. The molecule has 164 valence electrons. The number of rotatable bonds is 8. The fourth-order valence-corrected chi connectivity index (χ4v) is 5.68. The second kappa shape index (κ2) is 7.87. The number of carbonyl (C=O) groups is 3. The summed E-state index contributed by atoms with van der Waals surface area (Å²) in [6, 6.07) is -1.35. The Kier molecular flexibility index (Phi) is 5.98. The van der Waals surface area contributed by atoms with Crippen LogP contribution in [0.2, 0.25) is 0 Å². The van der Waals surface area contributed by atoms with Gasteiger partial charge in [0.1, 0.15) is 11.6 Å². The Morgan fingerprint density at radius 1 is 1.31 bits per heavy atom. The van der Waals surface area contributed by atoms with Crippen molar-refractivity contribution in [2.75, 3.05) is 20.2 Å². The summed E-state index contributed by atoms with van der Waals surface area (Å²) in [6.45, 7) is 8.03. The van der Waals surface area contributed by atoms with Crippen LogP contribution in [0.3, 0.4) is 0 Å². The molecular formula is C21H35N3O5. The molecule has 8 nitrogen and oxygen atoms in total. The highest BCUT2D eigenvalue weighted by molar-refractivity contribution is 5.99. The van der Waals surface area contributed by atoms with E-state index in [0.717, 1.165) is 12.8 Å². The molecular weight excluding hydrogens is 374 g/mol. The number of aliphatic hydroxyl groups is 1. The smallest absolute Gasteiger partial charge is 0.245 e. The van der Waals surface area contributed by atoms with E-state index >= 15 is 0 Å². The molecule has 2 unspecified atom stereocenters. The molecule has 3 fully saturated rings. The molecule has 2 bridgehead atoms. The average molecular weight is 410 g/mol. The van der Waals surface area contributed by atoms with Gasteiger partial charge in [-0.2, -0.15) is 0 Å². The van der Waals surface area contributed by atoms with Crippen molar-refractivity contribution in [3.63, 3.8) is 0 Å². The monoisotopic (exact) mass is 409 g/mol. The summed E-state index contributed by atoms with van der Waals surface area (Å²) in [6.07, 6.45) is 2.95. The lowest BCUT2D eigenvalue weighted by Gasteiger charge is -2.38. The summed E-state index contributed by atoms with van der Waals surface area (Å²) in [7, 11) is 1.56. The third-order valence-corrected chi connectivity index (χ3v) is 7.14. The molecule has 0 aromatic rings. The Morgan fingerprint density at radius 2 is 2.00 bits per heavy atom. The summed E-state index contributed by atoms with van der Waals surface area (Å²) in [5.74, 6) is -2.14. The van der Waals surface area contributed by atoms with Gasteiger partial charge in [-0.15, -0.1) is 0 Å². The van der Waals surface area contributed by atoms with Crippen molar-refractivity contribution in [3.8, 4) is 0 Å². The topological polar surface area (TPSA) is 108 Å². The molecule has 29 heavy (non-hydrogen) atoms. The van der Waals surface area contributed by atoms with Crippen LogP contribution in [0, 0.1) is 17.8 Å². The van der Waals surface area contributed by atoms with Gasteiger partial charge in [0.25, 0.3) is 0 Å². The van der Waals surface area contributed by atoms with Gasteiger partial charge in [0.15, 0.2) is 0 Å². The molecule has 3 saturated heterocycles. The van der Waals surface area contributed by atoms with Gasteiger partial charge >= 0.3 is 0 Å². The van der Waals surface area contributed by atoms with Gasteiger partial charge in [-0.25, -0.2) is 0 Å². The van der Waals surface area contributed by atoms with Crippen molar-refractivity contribution in [1.29, 1.82) is 0 Å². The number of nitrogens with one attached hydrogen (secondary N) is 2. The first kappa shape index (κ1) is 22.0. The molecule has 0 aromatic heterocycles. The van der Waals surface area contributed by atoms with Gasteiger partial charge in [-0.1, -0.05) is 27.2 Å². The highest BCUT2D eigenvalue weighted by Crippen LogP contribution is 2.63. The first-order chi connectivity index (χ1) is 13.7. The van der Waals surface area contributed by atoms with Crippen molar-refractivity contribution < 1.29 is 24.2 Å². The van der Waals surface area contributed by atoms with Crippen molar-refractivity contribution in [2.45, 2.75) is 76.7 Å². The summed E-state index contributed by atoms with van der Waals surface area (Å²) in [4.78, 5) is 41.3. The van der Waals surface area contributed by atoms with Crippen LogP contribution in [0.5, 0.6) is 0 Å². The minimum Gasteiger partial charge on any atom is -0.394 e. The van der Waals surface area contributed by atoms with Crippen LogP contribution >= 0.6 is 0 Å². The first-order valence-electron chi connectivity index (χ1n) is 10.8. The molecule has 3 aliphatic rings. The van der Waals surface area contributed by atoms with E-state index < -0.39 is 35.1 Å². The summed E-state index contributed by atoms with van der Waals surface area (Å²) >= 11 is 0. The predicted octanol–water partition coefficient (Wildman–Crippen LogP) is 0.430. The van der Waals surface area contributed by atoms with Gasteiger partial charge in [0, 0.05) is 13.6 Å². The number of hydrogen-bond acceptors (Lipinski definition) is 5. The van der Waals surface area contributed by atoms with Crippen LogP contribution in [0.1, 0.15) is 53.4 Å². The van der Waals surface area contributed by atoms with Crippen molar-refractivity contribution in [2.24, 2.45) is 17.8 Å². The lowest BCUT2D eigenvalue weighted by Crippen LogP contribution is -2.59. The molecule has 3 amide bonds. The van der Waals surface area contributed by atoms with Crippen molar-refractivity contribution in [3.05, 3.63) is 0 Å². The number of hydrogen-bond donors (Lipinski definition) is 3. The van der Waals surface area contributed by atoms with Crippen LogP contribution in [0.4, 0.5) is 0 Å². The lowest BCUT2D eigenvalue weighted by atomic mass is 9.66. The minimum atomic E-state index is -1.03. The molecule has 0 aromatic carbocycles. The maximum absolute atomic E-state index is 13.7. The largest absolute Gasteiger partial charge is 0.394 e. The second-order valence-corrected chi connectivity index (χ2v) is 9.23. The van der Waals surface area contributed by atoms with Crippen LogP contribution in [0.15, 0.2) is 0 Å². The van der Waals surface area contributed by atoms with Crippen LogP contribution < -0.4 is 10.6 Å². The number of amides is 3. The molecule has 3 aliphatic heterocycles. The highest BCUT2D eigenvalue weighted by Gasteiger charge is 2.78. The van der Waals surface area contributed by atoms with Crippen LogP contribution in [0.25, 0.3) is 0 Å². The van der Waals surface area contributed by atoms with E-state index in [4.69, 9.17) is 4.74 Å². The molecule has 1 spiro atoms. The van der Waals surface area contributed by atoms with Gasteiger partial charge in [0.2, 0.25) is 17.7 Å². The molecule has 3 rings (SSSR count). The quantitative estimate of drug-likeness (QED) is 0.504. The fraction of sp³-hybridized carbons (Fsp3) is 0.857. The normalized spacial score (nSPS) is 36.4. The average Bonchev–Trinajstić information content (AvgIpc) is 3.23. The zero-order valence-electron chi connectivity index (χ0n) is 18.2. The Labute approximate surface area is 172 Å². The van der Waals surface area contributed by atoms with E-state index in [-0.39, 0.29) is 30.2 Å². The van der Waals surface area contributed by atoms with Gasteiger partial charge in [0.05, 0.1) is 30.1 Å². The van der Waals surface area contributed by atoms with Crippen molar-refractivity contribution in [1.82, 2.24) is 15.5 Å². The Balaban J connectivity index is 2.06. The maximum atomic E-state index is 13.7. The summed E-state index contributed by atoms with van der Waals surface area (Å²) in [5, 5.41) is 15.7. The van der Waals surface area contributed by atoms with Gasteiger partial charge < -0.3 is 25.4 Å². The fourth-order valence-electron chi connectivity index (χ4n) is 5.68. The third-order valence-electron chi connectivity index (χ3n) is 7.14. The predicted molar refractivity (Wildman–Crippen MR) is 107 cm³/mol. The zero-order chi connectivity index (χ0) is 21.6. The van der Waals surface area contributed by atoms with Gasteiger partial charge in [-0.05, 0) is 32.1 Å². The highest BCUT2D eigenvalue weighted by atomic mass is 16.5. The lowest BCUT2D eigenvalue weighted by molar-refractivity contribution is -0.150. The molecule has 3 N–H and O–H groups in total. The SMILES string of the molecule is CCCCNC(=O)C1N([C@@H](CO)C(C)C)C(=O)[C@@H]2[C@H](C(=O)NC)[C@]3(C)CCC12O3. The van der Waals surface area contributed by atoms with E-state index in [2.05, 4.69) is 10.6 Å². The zero-order valence-corrected chi connectivity index (χ0v) is 18.2. The number of carbonyl (C=O) groups excluding carboxylic acids is 3. The van der Waals surface area contributed by atoms with Gasteiger partial charge in [-0.3, -0.25) is 14.4 Å². The first-order valence-corrected chi connectivity index (χ1v) is 10.8. The van der Waals surface area contributed by atoms with Crippen LogP contribution in [-0.2, 0) is 19.1 Å². The Hall–Kier alpha value is -1.67. The van der Waals surface area contributed by atoms with Crippen LogP contribution in [-0.4, -0.2) is 71.2 Å². The number of fused-ring (bicyclic) bond motifs is 1. The second-order valence-electron chi connectivity index (χ2n) is 9.23. The number of ether oxygens (including phenoxy) is 1. The molecule has 3 heterocycles. The molecule has 0 aliphatic carbocycles. The van der Waals surface area contributed by atoms with E-state index in [1.807, 2.05) is 27.7 Å².